The Balaban J connectivity index is 2.12. The zero-order chi connectivity index (χ0) is 10.1. The Morgan fingerprint density at radius 1 is 1.36 bits per heavy atom. The molecule has 2 rings (SSSR count). The lowest BCUT2D eigenvalue weighted by atomic mass is 9.94. The molecule has 1 aliphatic heterocycles. The second-order valence-electron chi connectivity index (χ2n) is 4.19. The van der Waals surface area contributed by atoms with Crippen LogP contribution in [0.4, 0.5) is 0 Å². The van der Waals surface area contributed by atoms with Crippen LogP contribution in [0.2, 0.25) is 0 Å². The van der Waals surface area contributed by atoms with Gasteiger partial charge < -0.3 is 4.90 Å². The van der Waals surface area contributed by atoms with E-state index in [9.17, 15) is 4.79 Å². The molecular formula is C10H17N3O. The first-order chi connectivity index (χ1) is 6.66. The molecule has 14 heavy (non-hydrogen) atoms. The summed E-state index contributed by atoms with van der Waals surface area (Å²) < 4.78 is 1.55. The average molecular weight is 195 g/mol. The van der Waals surface area contributed by atoms with Gasteiger partial charge in [-0.15, -0.1) is 0 Å². The van der Waals surface area contributed by atoms with E-state index in [0.29, 0.717) is 5.92 Å². The molecule has 4 heteroatoms. The predicted octanol–water partition coefficient (Wildman–Crippen LogP) is 0.523. The van der Waals surface area contributed by atoms with Crippen molar-refractivity contribution in [2.24, 2.45) is 7.05 Å². The van der Waals surface area contributed by atoms with Crippen molar-refractivity contribution < 1.29 is 0 Å². The third-order valence-corrected chi connectivity index (χ3v) is 3.06. The number of hydrogen-bond acceptors (Lipinski definition) is 2. The molecule has 0 saturated carbocycles. The van der Waals surface area contributed by atoms with Crippen LogP contribution >= 0.6 is 0 Å². The van der Waals surface area contributed by atoms with Gasteiger partial charge in [0.05, 0.1) is 0 Å². The van der Waals surface area contributed by atoms with Crippen molar-refractivity contribution >= 4 is 0 Å². The SMILES string of the molecule is CN1CCC(c2cc(=O)n(C)[nH]2)CC1. The highest BCUT2D eigenvalue weighted by molar-refractivity contribution is 5.07. The molecule has 0 radical (unpaired) electrons. The molecule has 1 aliphatic rings. The van der Waals surface area contributed by atoms with Crippen LogP contribution < -0.4 is 5.56 Å². The first-order valence-electron chi connectivity index (χ1n) is 5.11. The maximum absolute atomic E-state index is 11.3. The Bertz CT molecular complexity index is 358. The van der Waals surface area contributed by atoms with Crippen molar-refractivity contribution in [2.45, 2.75) is 18.8 Å². The largest absolute Gasteiger partial charge is 0.306 e. The summed E-state index contributed by atoms with van der Waals surface area (Å²) in [4.78, 5) is 13.6. The lowest BCUT2D eigenvalue weighted by Crippen LogP contribution is -2.29. The minimum atomic E-state index is 0.0685. The van der Waals surface area contributed by atoms with E-state index < -0.39 is 0 Å². The highest BCUT2D eigenvalue weighted by Crippen LogP contribution is 2.24. The van der Waals surface area contributed by atoms with E-state index in [4.69, 9.17) is 0 Å². The molecule has 0 unspecified atom stereocenters. The minimum Gasteiger partial charge on any atom is -0.306 e. The Labute approximate surface area is 83.5 Å². The molecule has 1 fully saturated rings. The van der Waals surface area contributed by atoms with Crippen molar-refractivity contribution in [3.63, 3.8) is 0 Å². The van der Waals surface area contributed by atoms with E-state index in [1.807, 2.05) is 0 Å². The predicted molar refractivity (Wildman–Crippen MR) is 55.5 cm³/mol. The first-order valence-corrected chi connectivity index (χ1v) is 5.11. The Morgan fingerprint density at radius 3 is 2.50 bits per heavy atom. The molecule has 0 aromatic carbocycles. The maximum Gasteiger partial charge on any atom is 0.266 e. The van der Waals surface area contributed by atoms with Gasteiger partial charge in [-0.3, -0.25) is 14.6 Å². The average Bonchev–Trinajstić information content (AvgIpc) is 2.48. The number of nitrogens with one attached hydrogen (secondary N) is 1. The summed E-state index contributed by atoms with van der Waals surface area (Å²) in [6.07, 6.45) is 2.30. The van der Waals surface area contributed by atoms with Gasteiger partial charge in [0.25, 0.3) is 5.56 Å². The van der Waals surface area contributed by atoms with Crippen LogP contribution in [0.25, 0.3) is 0 Å². The normalized spacial score (nSPS) is 20.1. The number of nitrogens with zero attached hydrogens (tertiary/aromatic N) is 2. The highest BCUT2D eigenvalue weighted by Gasteiger charge is 2.19. The van der Waals surface area contributed by atoms with Gasteiger partial charge in [0.2, 0.25) is 0 Å². The fourth-order valence-electron chi connectivity index (χ4n) is 2.04. The topological polar surface area (TPSA) is 41.0 Å². The summed E-state index contributed by atoms with van der Waals surface area (Å²) in [7, 11) is 3.91. The van der Waals surface area contributed by atoms with Gasteiger partial charge in [0, 0.05) is 24.7 Å². The number of aromatic nitrogens is 2. The van der Waals surface area contributed by atoms with Crippen LogP contribution in [-0.4, -0.2) is 34.8 Å². The van der Waals surface area contributed by atoms with Crippen LogP contribution in [0.5, 0.6) is 0 Å². The summed E-state index contributed by atoms with van der Waals surface area (Å²) in [5.41, 5.74) is 1.17. The Hall–Kier alpha value is -1.03. The van der Waals surface area contributed by atoms with E-state index in [1.54, 1.807) is 17.8 Å². The molecule has 0 bridgehead atoms. The van der Waals surface area contributed by atoms with Crippen molar-refractivity contribution in [2.75, 3.05) is 20.1 Å². The lowest BCUT2D eigenvalue weighted by Gasteiger charge is -2.28. The maximum atomic E-state index is 11.3. The monoisotopic (exact) mass is 195 g/mol. The summed E-state index contributed by atoms with van der Waals surface area (Å²) in [6, 6.07) is 1.73. The molecule has 0 atom stereocenters. The smallest absolute Gasteiger partial charge is 0.266 e. The number of rotatable bonds is 1. The lowest BCUT2D eigenvalue weighted by molar-refractivity contribution is 0.253. The number of H-pyrrole nitrogens is 1. The third kappa shape index (κ3) is 1.75. The van der Waals surface area contributed by atoms with Gasteiger partial charge in [-0.05, 0) is 33.0 Å². The molecule has 1 N–H and O–H groups in total. The zero-order valence-corrected chi connectivity index (χ0v) is 8.79. The second-order valence-corrected chi connectivity index (χ2v) is 4.19. The van der Waals surface area contributed by atoms with E-state index in [1.165, 1.54) is 0 Å². The van der Waals surface area contributed by atoms with Crippen LogP contribution in [0.15, 0.2) is 10.9 Å². The van der Waals surface area contributed by atoms with Crippen LogP contribution in [-0.2, 0) is 7.05 Å². The van der Waals surface area contributed by atoms with Crippen molar-refractivity contribution in [3.05, 3.63) is 22.1 Å². The van der Waals surface area contributed by atoms with Gasteiger partial charge >= 0.3 is 0 Å². The summed E-state index contributed by atoms with van der Waals surface area (Å²) in [5, 5.41) is 3.11. The van der Waals surface area contributed by atoms with Gasteiger partial charge in [-0.25, -0.2) is 0 Å². The molecule has 4 nitrogen and oxygen atoms in total. The minimum absolute atomic E-state index is 0.0685. The number of aromatic amines is 1. The molecule has 0 aliphatic carbocycles. The zero-order valence-electron chi connectivity index (χ0n) is 8.79. The molecule has 2 heterocycles. The quantitative estimate of drug-likeness (QED) is 0.710. The highest BCUT2D eigenvalue weighted by atomic mass is 16.1. The third-order valence-electron chi connectivity index (χ3n) is 3.06. The van der Waals surface area contributed by atoms with Crippen LogP contribution in [0.3, 0.4) is 0 Å². The Morgan fingerprint density at radius 2 is 2.00 bits per heavy atom. The van der Waals surface area contributed by atoms with Crippen molar-refractivity contribution in [1.29, 1.82) is 0 Å². The second kappa shape index (κ2) is 3.61. The Kier molecular flexibility index (Phi) is 2.46. The van der Waals surface area contributed by atoms with E-state index in [-0.39, 0.29) is 5.56 Å². The number of piperidine rings is 1. The molecule has 1 aromatic heterocycles. The van der Waals surface area contributed by atoms with Crippen molar-refractivity contribution in [3.8, 4) is 0 Å². The number of hydrogen-bond donors (Lipinski definition) is 1. The van der Waals surface area contributed by atoms with Gasteiger partial charge in [0.1, 0.15) is 0 Å². The van der Waals surface area contributed by atoms with Crippen LogP contribution in [0, 0.1) is 0 Å². The molecule has 1 aromatic rings. The summed E-state index contributed by atoms with van der Waals surface area (Å²) >= 11 is 0. The molecule has 78 valence electrons. The van der Waals surface area contributed by atoms with Gasteiger partial charge in [-0.2, -0.15) is 0 Å². The number of aryl methyl sites for hydroxylation is 1. The van der Waals surface area contributed by atoms with E-state index >= 15 is 0 Å². The molecule has 0 amide bonds. The van der Waals surface area contributed by atoms with E-state index in [0.717, 1.165) is 31.6 Å². The number of likely N-dealkylation sites (tertiary alicyclic amines) is 1. The van der Waals surface area contributed by atoms with E-state index in [2.05, 4.69) is 17.0 Å². The van der Waals surface area contributed by atoms with Crippen molar-refractivity contribution in [1.82, 2.24) is 14.7 Å². The van der Waals surface area contributed by atoms with Gasteiger partial charge in [0.15, 0.2) is 0 Å². The fourth-order valence-corrected chi connectivity index (χ4v) is 2.04. The first kappa shape index (κ1) is 9.52. The fraction of sp³-hybridized carbons (Fsp3) is 0.700. The van der Waals surface area contributed by atoms with Crippen LogP contribution in [0.1, 0.15) is 24.5 Å². The molecule has 1 saturated heterocycles. The summed E-state index contributed by atoms with van der Waals surface area (Å²) in [6.45, 7) is 2.25. The summed E-state index contributed by atoms with van der Waals surface area (Å²) in [5.74, 6) is 0.542. The molecular weight excluding hydrogens is 178 g/mol. The van der Waals surface area contributed by atoms with Gasteiger partial charge in [-0.1, -0.05) is 0 Å². The standard InChI is InChI=1S/C10H17N3O/c1-12-5-3-8(4-6-12)9-7-10(14)13(2)11-9/h7-8,11H,3-6H2,1-2H3. The molecule has 0 spiro atoms.